The van der Waals surface area contributed by atoms with Gasteiger partial charge in [-0.05, 0) is 74.9 Å². The molecule has 0 aromatic carbocycles. The molecule has 27 nitrogen and oxygen atoms in total. The second kappa shape index (κ2) is 31.9. The summed E-state index contributed by atoms with van der Waals surface area (Å²) >= 11 is 0. The average Bonchev–Trinajstić information content (AvgIpc) is 4.29. The molecule has 0 radical (unpaired) electrons. The highest BCUT2D eigenvalue weighted by Crippen LogP contribution is 2.26. The highest BCUT2D eigenvalue weighted by molar-refractivity contribution is 6.05. The Labute approximate surface area is 467 Å². The summed E-state index contributed by atoms with van der Waals surface area (Å²) in [6.45, 7) is 19.1. The molecular weight excluding hydrogens is 1030 g/mol. The molecule has 80 heavy (non-hydrogen) atoms. The average molecular weight is 1110 g/mol. The van der Waals surface area contributed by atoms with Crippen molar-refractivity contribution in [1.82, 2.24) is 79.3 Å². The highest BCUT2D eigenvalue weighted by Gasteiger charge is 2.21. The van der Waals surface area contributed by atoms with Gasteiger partial charge in [0.05, 0.1) is 20.6 Å². The first kappa shape index (κ1) is 65.1. The number of nitrogen functional groups attached to an aromatic ring is 1. The second-order valence-electron chi connectivity index (χ2n) is 19.5. The number of carbonyl (C=O) groups excluding carboxylic acids is 2. The van der Waals surface area contributed by atoms with Crippen LogP contribution in [0.3, 0.4) is 0 Å². The molecule has 432 valence electrons. The van der Waals surface area contributed by atoms with Crippen LogP contribution in [0.5, 0.6) is 11.8 Å². The van der Waals surface area contributed by atoms with Gasteiger partial charge in [0, 0.05) is 72.8 Å². The van der Waals surface area contributed by atoms with E-state index in [1.807, 2.05) is 68.5 Å². The van der Waals surface area contributed by atoms with E-state index in [0.717, 1.165) is 11.5 Å². The Bertz CT molecular complexity index is 3070. The van der Waals surface area contributed by atoms with E-state index >= 15 is 0 Å². The molecule has 0 unspecified atom stereocenters. The van der Waals surface area contributed by atoms with Crippen molar-refractivity contribution >= 4 is 47.9 Å². The third kappa shape index (κ3) is 20.7. The number of anilines is 2. The minimum Gasteiger partial charge on any atom is -0.479 e. The van der Waals surface area contributed by atoms with Crippen LogP contribution in [-0.4, -0.2) is 158 Å². The number of aliphatic imine (C=N–C) groups is 1. The molecule has 0 fully saturated rings. The number of aromatic carboxylic acids is 1. The SMILES string of the molecule is CC(C)[C@H](C)N.CC(C)[C@H](C)n1cnnc1-c1cccc(N)n1.CN(C)C=Nc1cccc(C(=O)N/N=C/N(C)C)n1.COc1nn(C)cc1C(=O)Nc1cccc(-c2nncn2[C@@H](C)C(C)C)n1.COc1nn(C)cc1C(=O)O. The minimum absolute atomic E-state index is 0.0787. The van der Waals surface area contributed by atoms with Crippen LogP contribution in [0.15, 0.2) is 89.7 Å². The standard InChI is InChI=1S/C18H23N7O2.C12H18N6O.C12H17N5.C6H8N2O3.C5H13N/c1-11(2)12(3)25-10-19-22-16(25)14-7-6-8-15(20-14)21-17(26)13-9-24(4)23-18(13)27-5;1-17(2)8-13-11-7-5-6-10(15-11)12(19)16-14-9-18(3)4;1-8(2)9(3)17-7-14-16-12(17)10-5-4-6-11(13)15-10;1-8-3-4(6(9)10)5(7-8)11-2;1-4(2)5(3)6/h6-12H,1-5H3,(H,20,21,26);5-9H,1-4H3,(H,16,19);4-9H,1-3H3,(H2,13,15);3H,1-2H3,(H,9,10);4-5H,6H2,1-3H3/b;13-8?,14-9+;;;/t12-;;9-;;5-/m0.0.0/s1. The topological polar surface area (TPSA) is 333 Å². The smallest absolute Gasteiger partial charge is 0.342 e. The van der Waals surface area contributed by atoms with Crippen molar-refractivity contribution in [3.63, 3.8) is 0 Å². The molecule has 2 amide bonds. The lowest BCUT2D eigenvalue weighted by atomic mass is 10.1. The van der Waals surface area contributed by atoms with Crippen LogP contribution in [0.4, 0.5) is 17.5 Å². The summed E-state index contributed by atoms with van der Waals surface area (Å²) in [7, 11) is 13.5. The Morgan fingerprint density at radius 3 is 1.61 bits per heavy atom. The van der Waals surface area contributed by atoms with E-state index < -0.39 is 5.97 Å². The predicted molar refractivity (Wildman–Crippen MR) is 309 cm³/mol. The number of hydrogen-bond donors (Lipinski definition) is 5. The van der Waals surface area contributed by atoms with Crippen LogP contribution in [-0.2, 0) is 14.1 Å². The number of ether oxygens (including phenoxy) is 2. The van der Waals surface area contributed by atoms with Gasteiger partial charge in [0.25, 0.3) is 11.8 Å². The van der Waals surface area contributed by atoms with E-state index in [9.17, 15) is 14.4 Å². The van der Waals surface area contributed by atoms with Crippen molar-refractivity contribution in [3.8, 4) is 34.8 Å². The largest absolute Gasteiger partial charge is 0.479 e. The molecule has 0 saturated heterocycles. The maximum atomic E-state index is 12.6. The number of nitrogens with two attached hydrogens (primary N) is 2. The fraction of sp³-hybridized carbons (Fsp3) is 0.434. The van der Waals surface area contributed by atoms with E-state index in [1.54, 1.807) is 79.4 Å². The third-order valence-corrected chi connectivity index (χ3v) is 11.5. The van der Waals surface area contributed by atoms with Crippen molar-refractivity contribution in [2.24, 2.45) is 47.7 Å². The fourth-order valence-electron chi connectivity index (χ4n) is 6.08. The number of rotatable bonds is 17. The van der Waals surface area contributed by atoms with Crippen LogP contribution in [0.1, 0.15) is 106 Å². The van der Waals surface area contributed by atoms with Gasteiger partial charge in [-0.3, -0.25) is 19.0 Å². The van der Waals surface area contributed by atoms with Gasteiger partial charge >= 0.3 is 5.97 Å². The Morgan fingerprint density at radius 2 is 1.15 bits per heavy atom. The van der Waals surface area contributed by atoms with Gasteiger partial charge in [0.2, 0.25) is 11.8 Å². The monoisotopic (exact) mass is 1110 g/mol. The number of carbonyl (C=O) groups is 3. The van der Waals surface area contributed by atoms with Gasteiger partial charge < -0.3 is 50.3 Å². The first-order chi connectivity index (χ1) is 37.8. The molecule has 7 aromatic heterocycles. The first-order valence-corrected chi connectivity index (χ1v) is 25.4. The molecule has 3 atom stereocenters. The number of methoxy groups -OCH3 is 2. The maximum absolute atomic E-state index is 12.6. The van der Waals surface area contributed by atoms with Crippen LogP contribution in [0.25, 0.3) is 23.0 Å². The Balaban J connectivity index is 0.000000281. The Hall–Kier alpha value is -9.14. The van der Waals surface area contributed by atoms with E-state index in [1.165, 1.54) is 36.1 Å². The summed E-state index contributed by atoms with van der Waals surface area (Å²) in [5, 5.41) is 39.3. The molecule has 0 aliphatic rings. The summed E-state index contributed by atoms with van der Waals surface area (Å²) < 4.78 is 16.8. The van der Waals surface area contributed by atoms with Gasteiger partial charge in [0.15, 0.2) is 17.5 Å². The molecule has 0 aliphatic carbocycles. The predicted octanol–water partition coefficient (Wildman–Crippen LogP) is 6.35. The van der Waals surface area contributed by atoms with Crippen molar-refractivity contribution in [2.75, 3.05) is 53.5 Å². The van der Waals surface area contributed by atoms with E-state index in [0.29, 0.717) is 64.4 Å². The summed E-state index contributed by atoms with van der Waals surface area (Å²) in [5.74, 6) is 3.00. The van der Waals surface area contributed by atoms with E-state index in [4.69, 9.17) is 26.0 Å². The zero-order valence-electron chi connectivity index (χ0n) is 48.9. The lowest BCUT2D eigenvalue weighted by Crippen LogP contribution is -2.21. The number of nitrogens with one attached hydrogen (secondary N) is 2. The molecule has 0 spiro atoms. The number of hydrogen-bond acceptors (Lipinski definition) is 18. The van der Waals surface area contributed by atoms with Gasteiger partial charge in [-0.2, -0.15) is 5.10 Å². The number of amides is 2. The van der Waals surface area contributed by atoms with Crippen molar-refractivity contribution in [1.29, 1.82) is 0 Å². The second-order valence-corrected chi connectivity index (χ2v) is 19.5. The zero-order valence-corrected chi connectivity index (χ0v) is 48.9. The lowest BCUT2D eigenvalue weighted by molar-refractivity contribution is 0.0692. The molecular formula is C53H79N21O6. The Morgan fingerprint density at radius 1 is 0.662 bits per heavy atom. The van der Waals surface area contributed by atoms with Gasteiger partial charge in [0.1, 0.15) is 58.8 Å². The van der Waals surface area contributed by atoms with Crippen LogP contribution in [0.2, 0.25) is 0 Å². The molecule has 7 N–H and O–H groups in total. The zero-order chi connectivity index (χ0) is 59.8. The van der Waals surface area contributed by atoms with Crippen LogP contribution < -0.4 is 31.7 Å². The number of carboxylic acids is 1. The number of nitrogens with zero attached hydrogens (tertiary/aromatic N) is 17. The molecule has 7 aromatic rings. The molecule has 7 rings (SSSR count). The number of carboxylic acid groups (broad SMARTS) is 1. The quantitative estimate of drug-likeness (QED) is 0.0377. The third-order valence-electron chi connectivity index (χ3n) is 11.5. The van der Waals surface area contributed by atoms with Gasteiger partial charge in [-0.25, -0.2) is 30.2 Å². The summed E-state index contributed by atoms with van der Waals surface area (Å²) in [5.41, 5.74) is 15.6. The number of aromatic nitrogens is 13. The van der Waals surface area contributed by atoms with Crippen LogP contribution in [0, 0.1) is 17.8 Å². The van der Waals surface area contributed by atoms with Crippen molar-refractivity contribution in [2.45, 2.75) is 80.4 Å². The van der Waals surface area contributed by atoms with Gasteiger partial charge in [-0.1, -0.05) is 59.7 Å². The minimum atomic E-state index is -1.03. The van der Waals surface area contributed by atoms with E-state index in [2.05, 4.69) is 122 Å². The van der Waals surface area contributed by atoms with Crippen molar-refractivity contribution in [3.05, 3.63) is 96.5 Å². The summed E-state index contributed by atoms with van der Waals surface area (Å²) in [6, 6.07) is 16.8. The summed E-state index contributed by atoms with van der Waals surface area (Å²) in [6.07, 6.45) is 9.54. The fourth-order valence-corrected chi connectivity index (χ4v) is 6.08. The van der Waals surface area contributed by atoms with Gasteiger partial charge in [-0.15, -0.1) is 30.6 Å². The van der Waals surface area contributed by atoms with Crippen LogP contribution >= 0.6 is 0 Å². The molecule has 0 saturated carbocycles. The molecule has 7 heterocycles. The summed E-state index contributed by atoms with van der Waals surface area (Å²) in [4.78, 5) is 55.3. The maximum Gasteiger partial charge on any atom is 0.342 e. The van der Waals surface area contributed by atoms with E-state index in [-0.39, 0.29) is 40.9 Å². The molecule has 27 heteroatoms. The highest BCUT2D eigenvalue weighted by atomic mass is 16.5. The first-order valence-electron chi connectivity index (χ1n) is 25.4. The molecule has 0 bridgehead atoms. The number of hydrazone groups is 1. The normalized spacial score (nSPS) is 12.0. The molecule has 0 aliphatic heterocycles. The lowest BCUT2D eigenvalue weighted by Gasteiger charge is -2.18. The van der Waals surface area contributed by atoms with Crippen molar-refractivity contribution < 1.29 is 29.0 Å². The Kier molecular flexibility index (Phi) is 26.0. The number of aryl methyl sites for hydroxylation is 2. The number of pyridine rings is 3.